The van der Waals surface area contributed by atoms with Crippen molar-refractivity contribution in [2.24, 2.45) is 4.99 Å². The van der Waals surface area contributed by atoms with E-state index in [0.29, 0.717) is 39.4 Å². The second-order valence-corrected chi connectivity index (χ2v) is 8.64. The number of carboxylic acid groups (broad SMARTS) is 2. The number of hydrogen-bond donors (Lipinski definition) is 6. The van der Waals surface area contributed by atoms with Crippen LogP contribution in [0.3, 0.4) is 0 Å². The molecule has 1 aliphatic rings. The molecule has 6 N–H and O–H groups in total. The van der Waals surface area contributed by atoms with Gasteiger partial charge in [0.2, 0.25) is 5.91 Å². The van der Waals surface area contributed by atoms with Crippen LogP contribution >= 0.6 is 23.2 Å². The molecule has 1 aliphatic heterocycles. The highest BCUT2D eigenvalue weighted by atomic mass is 35.5. The number of alkyl halides is 3. The van der Waals surface area contributed by atoms with E-state index in [1.807, 2.05) is 0 Å². The van der Waals surface area contributed by atoms with Crippen molar-refractivity contribution < 1.29 is 42.6 Å². The number of hydrogen-bond acceptors (Lipinski definition) is 7. The zero-order valence-corrected chi connectivity index (χ0v) is 21.3. The van der Waals surface area contributed by atoms with Gasteiger partial charge in [0.1, 0.15) is 0 Å². The van der Waals surface area contributed by atoms with Gasteiger partial charge in [0, 0.05) is 27.8 Å². The van der Waals surface area contributed by atoms with Gasteiger partial charge < -0.3 is 31.5 Å². The lowest BCUT2D eigenvalue weighted by Gasteiger charge is -2.18. The lowest BCUT2D eigenvalue weighted by Crippen LogP contribution is -2.39. The van der Waals surface area contributed by atoms with E-state index in [1.54, 1.807) is 24.3 Å². The standard InChI is InChI=1S/C21H21Cl2N5O4.C2HF3O2/c22-14-6-13(7-15(23)9-14)17(10-19(30)31)28-18(29)11-26-20(32)12-2-1-3-16(8-12)27-21-24-4-5-25-21;3-2(4,5)1(6)7/h1-3,6-9,17H,4-5,10-11H2,(H,26,32)(H,28,29)(H,30,31)(H2,24,25,27);(H,6,7). The smallest absolute Gasteiger partial charge is 0.481 e. The topological polar surface area (TPSA) is 169 Å². The molecule has 1 atom stereocenters. The highest BCUT2D eigenvalue weighted by molar-refractivity contribution is 6.34. The van der Waals surface area contributed by atoms with Gasteiger partial charge in [-0.05, 0) is 42.0 Å². The summed E-state index contributed by atoms with van der Waals surface area (Å²) >= 11 is 12.0. The van der Waals surface area contributed by atoms with Gasteiger partial charge in [0.15, 0.2) is 5.96 Å². The minimum Gasteiger partial charge on any atom is -0.481 e. The third-order valence-electron chi connectivity index (χ3n) is 4.71. The largest absolute Gasteiger partial charge is 0.490 e. The number of halogens is 5. The van der Waals surface area contributed by atoms with Gasteiger partial charge >= 0.3 is 18.1 Å². The number of carbonyl (C=O) groups is 4. The maximum atomic E-state index is 12.5. The maximum absolute atomic E-state index is 12.5. The van der Waals surface area contributed by atoms with Crippen LogP contribution < -0.4 is 21.3 Å². The monoisotopic (exact) mass is 591 g/mol. The highest BCUT2D eigenvalue weighted by Gasteiger charge is 2.38. The van der Waals surface area contributed by atoms with Crippen LogP contribution in [0.25, 0.3) is 0 Å². The number of benzene rings is 2. The zero-order chi connectivity index (χ0) is 29.2. The molecule has 1 heterocycles. The number of carboxylic acids is 2. The molecule has 0 saturated carbocycles. The van der Waals surface area contributed by atoms with Crippen LogP contribution in [0.4, 0.5) is 18.9 Å². The fraction of sp³-hybridized carbons (Fsp3) is 0.261. The summed E-state index contributed by atoms with van der Waals surface area (Å²) in [5.41, 5.74) is 1.48. The number of anilines is 1. The third kappa shape index (κ3) is 11.1. The highest BCUT2D eigenvalue weighted by Crippen LogP contribution is 2.25. The molecule has 0 spiro atoms. The molecule has 2 aromatic carbocycles. The fourth-order valence-corrected chi connectivity index (χ4v) is 3.61. The first-order chi connectivity index (χ1) is 18.2. The third-order valence-corrected chi connectivity index (χ3v) is 5.15. The fourth-order valence-electron chi connectivity index (χ4n) is 3.07. The number of nitrogens with zero attached hydrogens (tertiary/aromatic N) is 1. The molecule has 2 amide bonds. The predicted molar refractivity (Wildman–Crippen MR) is 136 cm³/mol. The van der Waals surface area contributed by atoms with Crippen molar-refractivity contribution in [2.75, 3.05) is 25.0 Å². The van der Waals surface area contributed by atoms with Gasteiger partial charge in [-0.15, -0.1) is 0 Å². The number of carbonyl (C=O) groups excluding carboxylic acids is 2. The summed E-state index contributed by atoms with van der Waals surface area (Å²) in [7, 11) is 0. The van der Waals surface area contributed by atoms with Gasteiger partial charge in [0.25, 0.3) is 5.91 Å². The van der Waals surface area contributed by atoms with Crippen molar-refractivity contribution in [3.63, 3.8) is 0 Å². The summed E-state index contributed by atoms with van der Waals surface area (Å²) in [6.07, 6.45) is -5.46. The Morgan fingerprint density at radius 2 is 1.69 bits per heavy atom. The summed E-state index contributed by atoms with van der Waals surface area (Å²) in [5.74, 6) is -4.24. The normalized spacial score (nSPS) is 13.1. The van der Waals surface area contributed by atoms with Crippen molar-refractivity contribution in [1.29, 1.82) is 0 Å². The summed E-state index contributed by atoms with van der Waals surface area (Å²) < 4.78 is 31.7. The minimum absolute atomic E-state index is 0.317. The lowest BCUT2D eigenvalue weighted by molar-refractivity contribution is -0.192. The molecule has 0 aromatic heterocycles. The van der Waals surface area contributed by atoms with E-state index in [4.69, 9.17) is 33.1 Å². The van der Waals surface area contributed by atoms with Crippen LogP contribution in [0, 0.1) is 0 Å². The number of amides is 2. The van der Waals surface area contributed by atoms with Gasteiger partial charge in [-0.3, -0.25) is 19.4 Å². The Kier molecular flexibility index (Phi) is 11.4. The Balaban J connectivity index is 0.000000673. The minimum atomic E-state index is -5.08. The van der Waals surface area contributed by atoms with Crippen LogP contribution in [0.2, 0.25) is 10.0 Å². The molecular formula is C23H22Cl2F3N5O6. The van der Waals surface area contributed by atoms with Crippen molar-refractivity contribution in [2.45, 2.75) is 18.6 Å². The second kappa shape index (κ2) is 14.2. The van der Waals surface area contributed by atoms with Crippen LogP contribution in [-0.4, -0.2) is 65.7 Å². The SMILES string of the molecule is O=C(O)C(F)(F)F.O=C(O)CC(NC(=O)CNC(=O)c1cccc(NC2=NCCN2)c1)c1cc(Cl)cc(Cl)c1. The number of aliphatic carboxylic acids is 2. The van der Waals surface area contributed by atoms with E-state index in [0.717, 1.165) is 6.54 Å². The molecular weight excluding hydrogens is 570 g/mol. The average molecular weight is 592 g/mol. The Hall–Kier alpha value is -4.04. The van der Waals surface area contributed by atoms with Crippen molar-refractivity contribution >= 4 is 58.6 Å². The van der Waals surface area contributed by atoms with Crippen molar-refractivity contribution in [3.05, 3.63) is 63.6 Å². The van der Waals surface area contributed by atoms with E-state index < -0.39 is 36.0 Å². The Labute approximate surface area is 229 Å². The van der Waals surface area contributed by atoms with E-state index in [9.17, 15) is 32.7 Å². The van der Waals surface area contributed by atoms with Crippen molar-refractivity contribution in [3.8, 4) is 0 Å². The molecule has 210 valence electrons. The summed E-state index contributed by atoms with van der Waals surface area (Å²) in [6, 6.07) is 10.5. The molecule has 1 unspecified atom stereocenters. The molecule has 0 fully saturated rings. The van der Waals surface area contributed by atoms with E-state index in [1.165, 1.54) is 18.2 Å². The summed E-state index contributed by atoms with van der Waals surface area (Å²) in [6.45, 7) is 1.10. The molecule has 0 saturated heterocycles. The first kappa shape index (κ1) is 31.2. The van der Waals surface area contributed by atoms with E-state index in [-0.39, 0.29) is 13.0 Å². The Morgan fingerprint density at radius 3 is 2.23 bits per heavy atom. The average Bonchev–Trinajstić information content (AvgIpc) is 3.34. The van der Waals surface area contributed by atoms with Crippen LogP contribution in [0.1, 0.15) is 28.4 Å². The molecule has 39 heavy (non-hydrogen) atoms. The van der Waals surface area contributed by atoms with Crippen LogP contribution in [-0.2, 0) is 14.4 Å². The molecule has 16 heteroatoms. The quantitative estimate of drug-likeness (QED) is 0.272. The Morgan fingerprint density at radius 1 is 1.05 bits per heavy atom. The van der Waals surface area contributed by atoms with E-state index in [2.05, 4.69) is 26.3 Å². The first-order valence-corrected chi connectivity index (χ1v) is 11.7. The summed E-state index contributed by atoms with van der Waals surface area (Å²) in [4.78, 5) is 49.2. The molecule has 0 aliphatic carbocycles. The number of aliphatic imine (C=N–C) groups is 1. The first-order valence-electron chi connectivity index (χ1n) is 11.0. The maximum Gasteiger partial charge on any atom is 0.490 e. The van der Waals surface area contributed by atoms with Gasteiger partial charge in [-0.25, -0.2) is 4.79 Å². The van der Waals surface area contributed by atoms with E-state index >= 15 is 0 Å². The Bertz CT molecular complexity index is 1240. The zero-order valence-electron chi connectivity index (χ0n) is 19.8. The van der Waals surface area contributed by atoms with Gasteiger partial charge in [0.05, 0.1) is 25.6 Å². The number of rotatable bonds is 8. The van der Waals surface area contributed by atoms with Crippen LogP contribution in [0.5, 0.6) is 0 Å². The molecule has 0 bridgehead atoms. The predicted octanol–water partition coefficient (Wildman–Crippen LogP) is 3.06. The molecule has 2 aromatic rings. The lowest BCUT2D eigenvalue weighted by atomic mass is 10.0. The number of nitrogens with one attached hydrogen (secondary N) is 4. The van der Waals surface area contributed by atoms with Crippen molar-refractivity contribution in [1.82, 2.24) is 16.0 Å². The van der Waals surface area contributed by atoms with Gasteiger partial charge in [-0.2, -0.15) is 13.2 Å². The summed E-state index contributed by atoms with van der Waals surface area (Å²) in [5, 5.41) is 28.2. The van der Waals surface area contributed by atoms with Gasteiger partial charge in [-0.1, -0.05) is 29.3 Å². The molecule has 11 nitrogen and oxygen atoms in total. The molecule has 3 rings (SSSR count). The molecule has 0 radical (unpaired) electrons. The second-order valence-electron chi connectivity index (χ2n) is 7.77. The van der Waals surface area contributed by atoms with Crippen LogP contribution in [0.15, 0.2) is 47.5 Å². The number of guanidine groups is 1.